The normalized spacial score (nSPS) is 38.6. The molecule has 0 spiro atoms. The number of hydrogen-bond donors (Lipinski definition) is 5. The smallest absolute Gasteiger partial charge is 0.386 e. The first-order valence-electron chi connectivity index (χ1n) is 13.0. The number of halogens is 1. The van der Waals surface area contributed by atoms with Crippen LogP contribution < -0.4 is 11.5 Å². The van der Waals surface area contributed by atoms with Crippen LogP contribution >= 0.6 is 38.1 Å². The average molecular weight is 675 g/mol. The van der Waals surface area contributed by atoms with E-state index in [0.29, 0.717) is 11.2 Å². The lowest BCUT2D eigenvalue weighted by Gasteiger charge is -2.30. The lowest BCUT2D eigenvalue weighted by Crippen LogP contribution is -2.35. The molecule has 0 radical (unpaired) electrons. The van der Waals surface area contributed by atoms with E-state index in [1.54, 1.807) is 4.57 Å². The summed E-state index contributed by atoms with van der Waals surface area (Å²) in [5.74, 6) is -0.559. The largest absolute Gasteiger partial charge is 0.388 e. The molecule has 10 atom stereocenters. The fourth-order valence-corrected chi connectivity index (χ4v) is 9.47. The molecule has 0 amide bonds. The van der Waals surface area contributed by atoms with E-state index < -0.39 is 62.2 Å². The molecule has 0 aromatic carbocycles. The fourth-order valence-electron chi connectivity index (χ4n) is 6.04. The van der Waals surface area contributed by atoms with Crippen molar-refractivity contribution in [2.24, 2.45) is 5.92 Å². The molecule has 22 heteroatoms. The number of nitrogens with two attached hydrogens (primary N) is 2. The summed E-state index contributed by atoms with van der Waals surface area (Å²) in [4.78, 5) is 24.7. The molecule has 2 unspecified atom stereocenters. The van der Waals surface area contributed by atoms with Crippen LogP contribution in [0.5, 0.6) is 0 Å². The number of aliphatic hydroxyl groups excluding tert-OH is 1. The number of thiol groups is 2. The highest BCUT2D eigenvalue weighted by atomic mass is 32.7. The fraction of sp³-hybridized carbons (Fsp3) is 0.524. The van der Waals surface area contributed by atoms with Crippen LogP contribution in [0.4, 0.5) is 16.0 Å². The monoisotopic (exact) mass is 674 g/mol. The molecule has 4 aromatic heterocycles. The Bertz CT molecular complexity index is 1820. The number of anilines is 2. The van der Waals surface area contributed by atoms with E-state index in [-0.39, 0.29) is 42.2 Å². The van der Waals surface area contributed by atoms with Gasteiger partial charge in [0.25, 0.3) is 0 Å². The molecule has 5 N–H and O–H groups in total. The van der Waals surface area contributed by atoms with E-state index in [0.717, 1.165) is 0 Å². The lowest BCUT2D eigenvalue weighted by molar-refractivity contribution is -0.0256. The van der Waals surface area contributed by atoms with Crippen LogP contribution in [0, 0.1) is 5.92 Å². The zero-order valence-corrected chi connectivity index (χ0v) is 25.4. The number of fused-ring (bicyclic) bond motifs is 5. The van der Waals surface area contributed by atoms with E-state index >= 15 is 4.39 Å². The third-order valence-electron chi connectivity index (χ3n) is 7.98. The molecule has 230 valence electrons. The molecule has 3 aliphatic rings. The SMILES string of the molecule is Nc1ncnc2c1ncn2[C@@H]1C[C@@H]2COP(=O)(S)O[C@@H]3[C@H](O)[C@H](C[C@H]3n3cnc4c(N)ncnc43)OP(=O)(S)O[C@H]2[C@H]1F. The summed E-state index contributed by atoms with van der Waals surface area (Å²) in [7, 11) is 0. The van der Waals surface area contributed by atoms with Gasteiger partial charge in [0.05, 0.1) is 37.4 Å². The summed E-state index contributed by atoms with van der Waals surface area (Å²) >= 11 is 8.28. The molecule has 2 bridgehead atoms. The van der Waals surface area contributed by atoms with Crippen molar-refractivity contribution in [1.29, 1.82) is 0 Å². The second kappa shape index (κ2) is 10.6. The van der Waals surface area contributed by atoms with Crippen LogP contribution in [-0.2, 0) is 27.2 Å². The summed E-state index contributed by atoms with van der Waals surface area (Å²) in [5.41, 5.74) is 13.0. The van der Waals surface area contributed by atoms with Gasteiger partial charge in [-0.15, -0.1) is 0 Å². The Morgan fingerprint density at radius 3 is 2.05 bits per heavy atom. The van der Waals surface area contributed by atoms with Gasteiger partial charge in [0.15, 0.2) is 22.9 Å². The van der Waals surface area contributed by atoms with Crippen LogP contribution in [0.1, 0.15) is 24.9 Å². The average Bonchev–Trinajstić information content (AvgIpc) is 3.70. The second-order valence-corrected chi connectivity index (χ2v) is 16.2. The van der Waals surface area contributed by atoms with Crippen molar-refractivity contribution in [1.82, 2.24) is 39.0 Å². The predicted octanol–water partition coefficient (Wildman–Crippen LogP) is 2.30. The lowest BCUT2D eigenvalue weighted by atomic mass is 10.1. The van der Waals surface area contributed by atoms with Gasteiger partial charge in [0.2, 0.25) is 0 Å². The highest BCUT2D eigenvalue weighted by Gasteiger charge is 2.54. The topological polar surface area (TPSA) is 231 Å². The van der Waals surface area contributed by atoms with E-state index in [9.17, 15) is 14.2 Å². The second-order valence-electron chi connectivity index (χ2n) is 10.5. The molecule has 1 saturated heterocycles. The number of nitrogen functional groups attached to an aromatic ring is 2. The number of alkyl halides is 1. The van der Waals surface area contributed by atoms with Crippen LogP contribution in [0.3, 0.4) is 0 Å². The molecule has 7 rings (SSSR count). The van der Waals surface area contributed by atoms with Crippen LogP contribution in [0.25, 0.3) is 22.3 Å². The van der Waals surface area contributed by atoms with Crippen molar-refractivity contribution in [3.8, 4) is 0 Å². The van der Waals surface area contributed by atoms with Crippen LogP contribution in [0.15, 0.2) is 25.3 Å². The molecule has 43 heavy (non-hydrogen) atoms. The molecule has 3 fully saturated rings. The molecule has 2 saturated carbocycles. The van der Waals surface area contributed by atoms with E-state index in [1.807, 2.05) is 0 Å². The summed E-state index contributed by atoms with van der Waals surface area (Å²) in [6.07, 6.45) is -1.87. The summed E-state index contributed by atoms with van der Waals surface area (Å²) in [6.45, 7) is -8.88. The van der Waals surface area contributed by atoms with Crippen molar-refractivity contribution in [2.45, 2.75) is 55.5 Å². The Hall–Kier alpha value is -2.41. The van der Waals surface area contributed by atoms with E-state index in [4.69, 9.17) is 29.6 Å². The zero-order valence-electron chi connectivity index (χ0n) is 21.8. The van der Waals surface area contributed by atoms with E-state index in [1.165, 1.54) is 29.9 Å². The van der Waals surface area contributed by atoms with Crippen molar-refractivity contribution < 1.29 is 36.7 Å². The summed E-state index contributed by atoms with van der Waals surface area (Å²) in [5, 5.41) is 11.2. The molecular weight excluding hydrogens is 649 g/mol. The van der Waals surface area contributed by atoms with Gasteiger partial charge in [-0.25, -0.2) is 43.4 Å². The van der Waals surface area contributed by atoms with Gasteiger partial charge in [-0.2, -0.15) is 0 Å². The Balaban J connectivity index is 1.21. The maximum atomic E-state index is 16.2. The number of hydrogen-bond acceptors (Lipinski definition) is 15. The van der Waals surface area contributed by atoms with Crippen molar-refractivity contribution in [2.75, 3.05) is 18.1 Å². The maximum Gasteiger partial charge on any atom is 0.386 e. The Morgan fingerprint density at radius 2 is 1.42 bits per heavy atom. The molecule has 4 aromatic rings. The number of nitrogens with zero attached hydrogens (tertiary/aromatic N) is 8. The Kier molecular flexibility index (Phi) is 7.22. The number of imidazole rings is 2. The highest BCUT2D eigenvalue weighted by Crippen LogP contribution is 2.63. The van der Waals surface area contributed by atoms with Crippen molar-refractivity contribution in [3.63, 3.8) is 0 Å². The Labute approximate surface area is 252 Å². The summed E-state index contributed by atoms with van der Waals surface area (Å²) in [6, 6.07) is -1.72. The number of rotatable bonds is 2. The third kappa shape index (κ3) is 5.11. The predicted molar refractivity (Wildman–Crippen MR) is 155 cm³/mol. The third-order valence-corrected chi connectivity index (χ3v) is 11.2. The highest BCUT2D eigenvalue weighted by molar-refractivity contribution is 8.44. The molecule has 5 heterocycles. The number of aliphatic hydroxyl groups is 1. The van der Waals surface area contributed by atoms with Gasteiger partial charge < -0.3 is 30.2 Å². The van der Waals surface area contributed by atoms with Gasteiger partial charge in [0.1, 0.15) is 48.2 Å². The first kappa shape index (κ1) is 29.3. The standard InChI is InChI=1S/C21H25FN10O7P2S2/c22-12-9(31-6-29-13-18(23)25-4-27-20(13)31)1-8-3-36-40(34,42)39-17-10(32-7-30-14-19(24)26-5-28-21(14)32)2-11(15(17)33)37-41(35,43)38-16(8)12/h4-12,15-17,33H,1-3H2,(H,34,42)(H,35,43)(H2,23,25,27)(H2,24,26,28)/t8-,9-,10-,11+,12+,15-,16-,17+,40?,41?/m1/s1. The minimum atomic E-state index is -4.33. The number of aromatic nitrogens is 8. The summed E-state index contributed by atoms with van der Waals surface area (Å²) < 4.78 is 69.1. The quantitative estimate of drug-likeness (QED) is 0.152. The van der Waals surface area contributed by atoms with Gasteiger partial charge in [0, 0.05) is 12.3 Å². The van der Waals surface area contributed by atoms with Gasteiger partial charge >= 0.3 is 13.6 Å². The van der Waals surface area contributed by atoms with Crippen LogP contribution in [0.2, 0.25) is 0 Å². The van der Waals surface area contributed by atoms with Gasteiger partial charge in [-0.05, 0) is 6.42 Å². The van der Waals surface area contributed by atoms with E-state index in [2.05, 4.69) is 54.4 Å². The molecule has 17 nitrogen and oxygen atoms in total. The maximum absolute atomic E-state index is 16.2. The first-order chi connectivity index (χ1) is 20.4. The first-order valence-corrected chi connectivity index (χ1v) is 18.3. The minimum Gasteiger partial charge on any atom is -0.388 e. The minimum absolute atomic E-state index is 0.0409. The molecular formula is C21H25FN10O7P2S2. The van der Waals surface area contributed by atoms with Crippen LogP contribution in [-0.4, -0.2) is 81.3 Å². The van der Waals surface area contributed by atoms with Crippen molar-refractivity contribution >= 4 is 72.1 Å². The van der Waals surface area contributed by atoms with Crippen molar-refractivity contribution in [3.05, 3.63) is 25.3 Å². The van der Waals surface area contributed by atoms with Gasteiger partial charge in [-0.1, -0.05) is 24.5 Å². The van der Waals surface area contributed by atoms with Gasteiger partial charge in [-0.3, -0.25) is 13.6 Å². The molecule has 2 aliphatic carbocycles. The Morgan fingerprint density at radius 1 is 0.837 bits per heavy atom. The zero-order chi connectivity index (χ0) is 30.3. The molecule has 1 aliphatic heterocycles.